The van der Waals surface area contributed by atoms with Gasteiger partial charge in [-0.2, -0.15) is 0 Å². The van der Waals surface area contributed by atoms with Gasteiger partial charge in [-0.1, -0.05) is 146 Å². The van der Waals surface area contributed by atoms with E-state index in [1.807, 2.05) is 83.1 Å². The van der Waals surface area contributed by atoms with E-state index in [2.05, 4.69) is 34.6 Å². The van der Waals surface area contributed by atoms with E-state index in [1.54, 1.807) is 0 Å². The van der Waals surface area contributed by atoms with Gasteiger partial charge in [-0.25, -0.2) is 0 Å². The molecule has 0 saturated heterocycles. The fourth-order valence-electron chi connectivity index (χ4n) is 13.4. The lowest BCUT2D eigenvalue weighted by molar-refractivity contribution is -0.202. The van der Waals surface area contributed by atoms with Crippen LogP contribution >= 0.6 is 0 Å². The lowest BCUT2D eigenvalue weighted by atomic mass is 9.70. The Kier molecular flexibility index (Phi) is 41.3. The molecule has 0 aromatic heterocycles. The summed E-state index contributed by atoms with van der Waals surface area (Å²) in [4.78, 5) is 48.8. The van der Waals surface area contributed by atoms with Gasteiger partial charge in [0, 0.05) is 0 Å². The maximum Gasteiger partial charge on any atom is 0.313 e. The molecular formula is C73H148O9. The van der Waals surface area contributed by atoms with Crippen LogP contribution in [-0.4, -0.2) is 53.1 Å². The molecule has 9 nitrogen and oxygen atoms in total. The molecule has 7 aliphatic carbocycles. The molecule has 0 radical (unpaired) electrons. The molecule has 0 aromatic rings. The number of rotatable bonds is 16. The van der Waals surface area contributed by atoms with Crippen LogP contribution < -0.4 is 0 Å². The van der Waals surface area contributed by atoms with Gasteiger partial charge >= 0.3 is 23.9 Å². The highest BCUT2D eigenvalue weighted by Gasteiger charge is 2.63. The monoisotopic (exact) mass is 1170 g/mol. The fraction of sp³-hybridized carbons (Fsp3) is 0.945. The summed E-state index contributed by atoms with van der Waals surface area (Å²) in [5.74, 6) is 5.80. The third kappa shape index (κ3) is 23.5. The molecule has 0 aromatic carbocycles. The van der Waals surface area contributed by atoms with Crippen LogP contribution in [0, 0.1) is 63.1 Å². The van der Waals surface area contributed by atoms with E-state index in [9.17, 15) is 19.2 Å². The van der Waals surface area contributed by atoms with E-state index in [-0.39, 0.29) is 116 Å². The summed E-state index contributed by atoms with van der Waals surface area (Å²) in [5, 5.41) is 0. The molecule has 7 rings (SSSR count). The molecule has 0 N–H and O–H groups in total. The van der Waals surface area contributed by atoms with Crippen molar-refractivity contribution < 1.29 is 42.9 Å². The van der Waals surface area contributed by atoms with Gasteiger partial charge in [0.25, 0.3) is 0 Å². The summed E-state index contributed by atoms with van der Waals surface area (Å²) < 4.78 is 29.5. The average Bonchev–Trinajstić information content (AvgIpc) is 4.21. The standard InChI is InChI=1S/C20H32O3.C16H30O2.C15H28O2.C14H26O2.8CH4/c1-5-20(3,4)19(21)23-11(2)22-16-10-14-9-15(16)18-13-7-6-12(8-13)17(14)18;1-5-15(3,4)14(17)18-16(6-2)12-10-8-7-9-11-13-16;1-5-14(2,3)13(16)17-15(4)11-9-7-6-8-10-12-15;1-6-13(4,5)12(15)16-14(11(2)3)9-7-8-10-14;;;;;;;;/h11-18H,5-10H2,1-4H3;5-13H2,1-4H3;5-12H2,1-4H3;11H,6-10H2,1-5H3;8*1H4. The van der Waals surface area contributed by atoms with Crippen molar-refractivity contribution in [1.82, 2.24) is 0 Å². The van der Waals surface area contributed by atoms with Gasteiger partial charge in [0.1, 0.15) is 16.8 Å². The molecule has 7 fully saturated rings. The summed E-state index contributed by atoms with van der Waals surface area (Å²) in [6.07, 6.45) is 32.4. The Balaban J connectivity index is -0.000000315. The molecule has 0 spiro atoms. The van der Waals surface area contributed by atoms with Crippen LogP contribution in [0.15, 0.2) is 0 Å². The normalized spacial score (nSPS) is 25.7. The first-order valence-corrected chi connectivity index (χ1v) is 31.2. The van der Waals surface area contributed by atoms with Crippen molar-refractivity contribution in [2.75, 3.05) is 0 Å². The molecule has 8 unspecified atom stereocenters. The Bertz CT molecular complexity index is 1740. The van der Waals surface area contributed by atoms with E-state index in [0.717, 1.165) is 106 Å². The second-order valence-electron chi connectivity index (χ2n) is 28.1. The van der Waals surface area contributed by atoms with Crippen molar-refractivity contribution in [2.45, 2.75) is 386 Å². The Hall–Kier alpha value is -2.16. The molecule has 494 valence electrons. The largest absolute Gasteiger partial charge is 0.459 e. The minimum Gasteiger partial charge on any atom is -0.459 e. The second-order valence-corrected chi connectivity index (χ2v) is 28.1. The highest BCUT2D eigenvalue weighted by Crippen LogP contribution is 2.68. The Morgan fingerprint density at radius 3 is 1.22 bits per heavy atom. The van der Waals surface area contributed by atoms with E-state index in [4.69, 9.17) is 23.7 Å². The smallest absolute Gasteiger partial charge is 0.313 e. The van der Waals surface area contributed by atoms with Gasteiger partial charge in [-0.15, -0.1) is 0 Å². The van der Waals surface area contributed by atoms with Gasteiger partial charge in [-0.05, 0) is 252 Å². The van der Waals surface area contributed by atoms with Crippen LogP contribution in [0.4, 0.5) is 0 Å². The van der Waals surface area contributed by atoms with Gasteiger partial charge in [0.2, 0.25) is 0 Å². The zero-order valence-electron chi connectivity index (χ0n) is 51.2. The Labute approximate surface area is 513 Å². The van der Waals surface area contributed by atoms with Crippen LogP contribution in [-0.2, 0) is 42.9 Å². The third-order valence-corrected chi connectivity index (χ3v) is 20.8. The SMILES string of the molecule is C.C.C.C.C.C.C.C.CCC(C)(C)C(=O)OC(C)OC1CC2CC1C1C3CCC(C3)C21.CCC(C)(C)C(=O)OC1(C(C)C)CCCC1.CCC(C)(C)C(=O)OC1(C)CCCCCCC1.CCC1(OC(=O)C(C)(C)CC)CCCCCCC1. The Morgan fingerprint density at radius 2 is 0.805 bits per heavy atom. The number of hydrogen-bond donors (Lipinski definition) is 0. The summed E-state index contributed by atoms with van der Waals surface area (Å²) in [6.45, 7) is 34.4. The first-order valence-electron chi connectivity index (χ1n) is 31.2. The highest BCUT2D eigenvalue weighted by molar-refractivity contribution is 5.77. The van der Waals surface area contributed by atoms with Crippen molar-refractivity contribution in [3.05, 3.63) is 0 Å². The van der Waals surface area contributed by atoms with Crippen LogP contribution in [0.2, 0.25) is 0 Å². The second kappa shape index (κ2) is 38.2. The van der Waals surface area contributed by atoms with Gasteiger partial charge < -0.3 is 23.7 Å². The number of carbonyl (C=O) groups excluding carboxylic acids is 4. The van der Waals surface area contributed by atoms with E-state index in [1.165, 1.54) is 109 Å². The molecule has 8 atom stereocenters. The third-order valence-electron chi connectivity index (χ3n) is 20.8. The fourth-order valence-corrected chi connectivity index (χ4v) is 13.4. The quantitative estimate of drug-likeness (QED) is 0.0645. The number of esters is 4. The minimum atomic E-state index is -0.415. The van der Waals surface area contributed by atoms with Crippen LogP contribution in [0.5, 0.6) is 0 Å². The molecule has 4 bridgehead atoms. The van der Waals surface area contributed by atoms with E-state index >= 15 is 0 Å². The van der Waals surface area contributed by atoms with Crippen LogP contribution in [0.25, 0.3) is 0 Å². The summed E-state index contributed by atoms with van der Waals surface area (Å²) in [6, 6.07) is 0. The highest BCUT2D eigenvalue weighted by atomic mass is 16.7. The lowest BCUT2D eigenvalue weighted by Gasteiger charge is -2.39. The van der Waals surface area contributed by atoms with E-state index < -0.39 is 11.7 Å². The maximum atomic E-state index is 12.3. The molecule has 7 saturated carbocycles. The van der Waals surface area contributed by atoms with Gasteiger partial charge in [0.15, 0.2) is 6.29 Å². The van der Waals surface area contributed by atoms with Crippen LogP contribution in [0.3, 0.4) is 0 Å². The summed E-state index contributed by atoms with van der Waals surface area (Å²) in [5.41, 5.74) is -2.01. The molecule has 0 heterocycles. The summed E-state index contributed by atoms with van der Waals surface area (Å²) >= 11 is 0. The van der Waals surface area contributed by atoms with Gasteiger partial charge in [0.05, 0.1) is 27.8 Å². The first-order chi connectivity index (χ1) is 34.6. The molecule has 7 aliphatic rings. The average molecular weight is 1170 g/mol. The molecule has 0 aliphatic heterocycles. The topological polar surface area (TPSA) is 114 Å². The number of fused-ring (bicyclic) bond motifs is 9. The summed E-state index contributed by atoms with van der Waals surface area (Å²) in [7, 11) is 0. The van der Waals surface area contributed by atoms with Crippen molar-refractivity contribution in [3.63, 3.8) is 0 Å². The predicted octanol–water partition coefficient (Wildman–Crippen LogP) is 22.8. The lowest BCUT2D eigenvalue weighted by Crippen LogP contribution is -2.41. The number of hydrogen-bond acceptors (Lipinski definition) is 9. The van der Waals surface area contributed by atoms with Crippen LogP contribution in [0.1, 0.15) is 357 Å². The zero-order chi connectivity index (χ0) is 55.3. The zero-order valence-corrected chi connectivity index (χ0v) is 51.2. The molecular weight excluding hydrogens is 1020 g/mol. The Morgan fingerprint density at radius 1 is 0.439 bits per heavy atom. The maximum absolute atomic E-state index is 12.3. The molecule has 0 amide bonds. The number of ether oxygens (including phenoxy) is 5. The van der Waals surface area contributed by atoms with Crippen molar-refractivity contribution in [1.29, 1.82) is 0 Å². The first kappa shape index (κ1) is 88.6. The van der Waals surface area contributed by atoms with Crippen molar-refractivity contribution in [2.24, 2.45) is 63.1 Å². The number of carbonyl (C=O) groups is 4. The minimum absolute atomic E-state index is 0. The molecule has 82 heavy (non-hydrogen) atoms. The molecule has 9 heteroatoms. The predicted molar refractivity (Wildman–Crippen MR) is 355 cm³/mol. The van der Waals surface area contributed by atoms with E-state index in [0.29, 0.717) is 12.0 Å². The van der Waals surface area contributed by atoms with Crippen molar-refractivity contribution >= 4 is 23.9 Å². The van der Waals surface area contributed by atoms with Gasteiger partial charge in [-0.3, -0.25) is 19.2 Å². The van der Waals surface area contributed by atoms with Crippen molar-refractivity contribution in [3.8, 4) is 0 Å².